The molecule has 0 N–H and O–H groups in total. The van der Waals surface area contributed by atoms with E-state index in [2.05, 4.69) is 15.4 Å². The van der Waals surface area contributed by atoms with Gasteiger partial charge in [-0.15, -0.1) is 10.2 Å². The van der Waals surface area contributed by atoms with Gasteiger partial charge in [-0.2, -0.15) is 4.80 Å². The van der Waals surface area contributed by atoms with E-state index in [4.69, 9.17) is 4.74 Å². The number of tetrazole rings is 1. The molecular weight excluding hydrogens is 358 g/mol. The lowest BCUT2D eigenvalue weighted by molar-refractivity contribution is -0.157. The second-order valence-electron chi connectivity index (χ2n) is 7.57. The van der Waals surface area contributed by atoms with Gasteiger partial charge in [0.15, 0.2) is 0 Å². The minimum atomic E-state index is -0.571. The van der Waals surface area contributed by atoms with Gasteiger partial charge in [0.25, 0.3) is 5.91 Å². The summed E-state index contributed by atoms with van der Waals surface area (Å²) in [6.07, 6.45) is 3.18. The SMILES string of the molecule is CCOC(=O)[C@@]1(CC)C[C@H]2CC[C@@H]1N2C(=O)c1ccc(-c2nnn(C)n2)cc1. The zero-order valence-corrected chi connectivity index (χ0v) is 16.5. The van der Waals surface area contributed by atoms with Gasteiger partial charge in [0, 0.05) is 23.2 Å². The maximum atomic E-state index is 13.3. The maximum absolute atomic E-state index is 13.3. The molecule has 2 aliphatic rings. The molecule has 148 valence electrons. The zero-order chi connectivity index (χ0) is 19.9. The van der Waals surface area contributed by atoms with Gasteiger partial charge >= 0.3 is 5.97 Å². The summed E-state index contributed by atoms with van der Waals surface area (Å²) in [5, 5.41) is 12.0. The number of aromatic nitrogens is 4. The van der Waals surface area contributed by atoms with Crippen LogP contribution in [0.25, 0.3) is 11.4 Å². The number of amides is 1. The van der Waals surface area contributed by atoms with Crippen molar-refractivity contribution in [3.05, 3.63) is 29.8 Å². The smallest absolute Gasteiger partial charge is 0.314 e. The highest BCUT2D eigenvalue weighted by molar-refractivity contribution is 5.96. The number of fused-ring (bicyclic) bond motifs is 2. The molecule has 8 heteroatoms. The molecule has 0 spiro atoms. The summed E-state index contributed by atoms with van der Waals surface area (Å²) in [5.41, 5.74) is 0.849. The van der Waals surface area contributed by atoms with Crippen LogP contribution in [0, 0.1) is 5.41 Å². The van der Waals surface area contributed by atoms with Gasteiger partial charge in [0.05, 0.1) is 19.1 Å². The molecule has 2 saturated heterocycles. The third kappa shape index (κ3) is 2.78. The number of benzene rings is 1. The van der Waals surface area contributed by atoms with Crippen molar-refractivity contribution >= 4 is 11.9 Å². The number of hydrogen-bond acceptors (Lipinski definition) is 6. The lowest BCUT2D eigenvalue weighted by atomic mass is 9.72. The van der Waals surface area contributed by atoms with Gasteiger partial charge in [0.2, 0.25) is 5.82 Å². The van der Waals surface area contributed by atoms with Crippen molar-refractivity contribution < 1.29 is 14.3 Å². The molecule has 2 aliphatic heterocycles. The first kappa shape index (κ1) is 18.6. The van der Waals surface area contributed by atoms with Crippen molar-refractivity contribution in [1.82, 2.24) is 25.1 Å². The van der Waals surface area contributed by atoms with Gasteiger partial charge in [-0.05, 0) is 50.0 Å². The quantitative estimate of drug-likeness (QED) is 0.736. The Balaban J connectivity index is 1.57. The van der Waals surface area contributed by atoms with Gasteiger partial charge in [0.1, 0.15) is 0 Å². The first-order chi connectivity index (χ1) is 13.5. The number of esters is 1. The number of hydrogen-bond donors (Lipinski definition) is 0. The molecule has 3 heterocycles. The van der Waals surface area contributed by atoms with Crippen LogP contribution in [0.4, 0.5) is 0 Å². The Morgan fingerprint density at radius 3 is 2.57 bits per heavy atom. The van der Waals surface area contributed by atoms with Crippen LogP contribution < -0.4 is 0 Å². The van der Waals surface area contributed by atoms with Crippen molar-refractivity contribution in [3.63, 3.8) is 0 Å². The molecule has 0 aliphatic carbocycles. The Morgan fingerprint density at radius 1 is 1.21 bits per heavy atom. The van der Waals surface area contributed by atoms with Crippen molar-refractivity contribution in [1.29, 1.82) is 0 Å². The average molecular weight is 383 g/mol. The first-order valence-corrected chi connectivity index (χ1v) is 9.84. The molecule has 2 fully saturated rings. The lowest BCUT2D eigenvalue weighted by Crippen LogP contribution is -2.45. The number of ether oxygens (including phenoxy) is 1. The van der Waals surface area contributed by atoms with E-state index in [1.165, 1.54) is 4.80 Å². The van der Waals surface area contributed by atoms with E-state index >= 15 is 0 Å². The third-order valence-corrected chi connectivity index (χ3v) is 6.19. The molecule has 0 radical (unpaired) electrons. The lowest BCUT2D eigenvalue weighted by Gasteiger charge is -2.34. The van der Waals surface area contributed by atoms with Crippen LogP contribution in [-0.2, 0) is 16.6 Å². The number of nitrogens with zero attached hydrogens (tertiary/aromatic N) is 5. The van der Waals surface area contributed by atoms with Crippen LogP contribution in [0.2, 0.25) is 0 Å². The van der Waals surface area contributed by atoms with E-state index in [0.717, 1.165) is 18.4 Å². The molecule has 28 heavy (non-hydrogen) atoms. The Morgan fingerprint density at radius 2 is 1.96 bits per heavy atom. The topological polar surface area (TPSA) is 90.2 Å². The minimum absolute atomic E-state index is 0.0224. The molecule has 0 unspecified atom stereocenters. The standard InChI is InChI=1S/C20H25N5O3/c1-4-20(19(27)28-5-2)12-15-10-11-16(20)25(15)18(26)14-8-6-13(7-9-14)17-21-23-24(3)22-17/h6-9,15-16H,4-5,10-12H2,1-3H3/t15-,16+,20+/m1/s1. The fourth-order valence-electron chi connectivity index (χ4n) is 4.82. The zero-order valence-electron chi connectivity index (χ0n) is 16.5. The van der Waals surface area contributed by atoms with E-state index in [1.54, 1.807) is 19.2 Å². The van der Waals surface area contributed by atoms with E-state index < -0.39 is 5.41 Å². The summed E-state index contributed by atoms with van der Waals surface area (Å²) < 4.78 is 5.37. The Hall–Kier alpha value is -2.77. The van der Waals surface area contributed by atoms with E-state index in [9.17, 15) is 9.59 Å². The number of carbonyl (C=O) groups is 2. The molecule has 3 atom stereocenters. The fraction of sp³-hybridized carbons (Fsp3) is 0.550. The monoisotopic (exact) mass is 383 g/mol. The molecular formula is C20H25N5O3. The summed E-state index contributed by atoms with van der Waals surface area (Å²) in [6.45, 7) is 4.21. The summed E-state index contributed by atoms with van der Waals surface area (Å²) >= 11 is 0. The second-order valence-corrected chi connectivity index (χ2v) is 7.57. The van der Waals surface area contributed by atoms with E-state index in [1.807, 2.05) is 30.9 Å². The summed E-state index contributed by atoms with van der Waals surface area (Å²) in [7, 11) is 1.71. The van der Waals surface area contributed by atoms with Gasteiger partial charge in [-0.25, -0.2) is 0 Å². The van der Waals surface area contributed by atoms with Crippen LogP contribution in [0.5, 0.6) is 0 Å². The number of rotatable bonds is 5. The van der Waals surface area contributed by atoms with Gasteiger partial charge in [-0.1, -0.05) is 19.1 Å². The first-order valence-electron chi connectivity index (χ1n) is 9.84. The van der Waals surface area contributed by atoms with Crippen LogP contribution in [0.1, 0.15) is 49.9 Å². The molecule has 4 rings (SSSR count). The molecule has 8 nitrogen and oxygen atoms in total. The van der Waals surface area contributed by atoms with Crippen LogP contribution in [0.3, 0.4) is 0 Å². The fourth-order valence-corrected chi connectivity index (χ4v) is 4.82. The third-order valence-electron chi connectivity index (χ3n) is 6.19. The van der Waals surface area contributed by atoms with Crippen LogP contribution in [-0.4, -0.2) is 55.7 Å². The molecule has 1 amide bonds. The molecule has 2 aromatic rings. The molecule has 0 saturated carbocycles. The summed E-state index contributed by atoms with van der Waals surface area (Å²) in [6, 6.07) is 7.27. The Labute approximate surface area is 163 Å². The van der Waals surface area contributed by atoms with Crippen molar-refractivity contribution in [2.75, 3.05) is 6.61 Å². The summed E-state index contributed by atoms with van der Waals surface area (Å²) in [4.78, 5) is 29.3. The predicted molar refractivity (Wildman–Crippen MR) is 101 cm³/mol. The van der Waals surface area contributed by atoms with Crippen molar-refractivity contribution in [2.24, 2.45) is 12.5 Å². The van der Waals surface area contributed by atoms with Crippen LogP contribution >= 0.6 is 0 Å². The Bertz CT molecular complexity index is 894. The predicted octanol–water partition coefficient (Wildman–Crippen LogP) is 2.21. The van der Waals surface area contributed by atoms with E-state index in [0.29, 0.717) is 30.8 Å². The van der Waals surface area contributed by atoms with Gasteiger partial charge < -0.3 is 9.64 Å². The average Bonchev–Trinajstić information content (AvgIpc) is 3.41. The van der Waals surface area contributed by atoms with E-state index in [-0.39, 0.29) is 24.0 Å². The number of carbonyl (C=O) groups excluding carboxylic acids is 2. The Kier molecular flexibility index (Phi) is 4.64. The van der Waals surface area contributed by atoms with Gasteiger partial charge in [-0.3, -0.25) is 9.59 Å². The largest absolute Gasteiger partial charge is 0.466 e. The highest BCUT2D eigenvalue weighted by Gasteiger charge is 2.61. The van der Waals surface area contributed by atoms with Crippen LogP contribution in [0.15, 0.2) is 24.3 Å². The number of aryl methyl sites for hydroxylation is 1. The molecule has 2 bridgehead atoms. The van der Waals surface area contributed by atoms with Crippen molar-refractivity contribution in [2.45, 2.75) is 51.6 Å². The summed E-state index contributed by atoms with van der Waals surface area (Å²) in [5.74, 6) is 0.340. The molecule has 1 aromatic carbocycles. The van der Waals surface area contributed by atoms with Crippen molar-refractivity contribution in [3.8, 4) is 11.4 Å². The molecule has 1 aromatic heterocycles. The highest BCUT2D eigenvalue weighted by Crippen LogP contribution is 2.52. The normalized spacial score (nSPS) is 25.9. The maximum Gasteiger partial charge on any atom is 0.314 e. The minimum Gasteiger partial charge on any atom is -0.466 e. The second kappa shape index (κ2) is 7.00. The highest BCUT2D eigenvalue weighted by atomic mass is 16.5.